The van der Waals surface area contributed by atoms with Gasteiger partial charge in [0.05, 0.1) is 12.7 Å². The number of hydrogen-bond acceptors (Lipinski definition) is 3. The fourth-order valence-corrected chi connectivity index (χ4v) is 2.37. The van der Waals surface area contributed by atoms with Gasteiger partial charge in [-0.2, -0.15) is 0 Å². The highest BCUT2D eigenvalue weighted by Gasteiger charge is 2.38. The van der Waals surface area contributed by atoms with Gasteiger partial charge in [0, 0.05) is 17.0 Å². The van der Waals surface area contributed by atoms with Gasteiger partial charge in [-0.15, -0.1) is 0 Å². The number of methoxy groups -OCH3 is 1. The molecule has 0 amide bonds. The Kier molecular flexibility index (Phi) is 3.40. The summed E-state index contributed by atoms with van der Waals surface area (Å²) in [6.07, 6.45) is 0.849. The molecule has 1 atom stereocenters. The first-order chi connectivity index (χ1) is 8.07. The molecular formula is C13H16ClNO2. The Labute approximate surface area is 106 Å². The number of benzene rings is 1. The second-order valence-corrected chi connectivity index (χ2v) is 5.10. The molecule has 2 rings (SSSR count). The molecule has 1 saturated heterocycles. The zero-order chi connectivity index (χ0) is 12.5. The molecule has 1 N–H and O–H groups in total. The van der Waals surface area contributed by atoms with E-state index in [1.165, 1.54) is 0 Å². The zero-order valence-electron chi connectivity index (χ0n) is 10.0. The van der Waals surface area contributed by atoms with Crippen LogP contribution >= 0.6 is 11.6 Å². The van der Waals surface area contributed by atoms with Crippen molar-refractivity contribution in [3.8, 4) is 5.75 Å². The SMILES string of the molecule is COc1ccc(Cl)cc1C(=O)C1(C)CCNC1. The van der Waals surface area contributed by atoms with E-state index in [9.17, 15) is 4.79 Å². The van der Waals surface area contributed by atoms with Crippen LogP contribution in [0.4, 0.5) is 0 Å². The van der Waals surface area contributed by atoms with Crippen LogP contribution in [0.1, 0.15) is 23.7 Å². The molecular weight excluding hydrogens is 238 g/mol. The molecule has 1 aromatic rings. The minimum absolute atomic E-state index is 0.0989. The van der Waals surface area contributed by atoms with E-state index in [-0.39, 0.29) is 11.2 Å². The molecule has 17 heavy (non-hydrogen) atoms. The molecule has 0 saturated carbocycles. The summed E-state index contributed by atoms with van der Waals surface area (Å²) < 4.78 is 5.23. The fourth-order valence-electron chi connectivity index (χ4n) is 2.19. The molecule has 1 aliphatic heterocycles. The lowest BCUT2D eigenvalue weighted by Gasteiger charge is -2.22. The summed E-state index contributed by atoms with van der Waals surface area (Å²) in [7, 11) is 1.56. The van der Waals surface area contributed by atoms with Crippen LogP contribution in [-0.2, 0) is 0 Å². The maximum absolute atomic E-state index is 12.5. The summed E-state index contributed by atoms with van der Waals surface area (Å²) in [5.74, 6) is 0.689. The standard InChI is InChI=1S/C13H16ClNO2/c1-13(5-6-15-8-13)12(16)10-7-9(14)3-4-11(10)17-2/h3-4,7,15H,5-6,8H2,1-2H3. The van der Waals surface area contributed by atoms with Crippen molar-refractivity contribution < 1.29 is 9.53 Å². The van der Waals surface area contributed by atoms with Gasteiger partial charge in [-0.05, 0) is 31.2 Å². The number of ketones is 1. The summed E-state index contributed by atoms with van der Waals surface area (Å²) in [5.41, 5.74) is 0.226. The van der Waals surface area contributed by atoms with Gasteiger partial charge in [0.2, 0.25) is 0 Å². The summed E-state index contributed by atoms with van der Waals surface area (Å²) in [5, 5.41) is 3.78. The molecule has 1 aliphatic rings. The molecule has 1 fully saturated rings. The van der Waals surface area contributed by atoms with Crippen molar-refractivity contribution in [2.45, 2.75) is 13.3 Å². The quantitative estimate of drug-likeness (QED) is 0.842. The highest BCUT2D eigenvalue weighted by Crippen LogP contribution is 2.33. The number of halogens is 1. The minimum Gasteiger partial charge on any atom is -0.496 e. The van der Waals surface area contributed by atoms with E-state index in [1.54, 1.807) is 25.3 Å². The van der Waals surface area contributed by atoms with Gasteiger partial charge in [0.25, 0.3) is 0 Å². The number of nitrogens with one attached hydrogen (secondary N) is 1. The van der Waals surface area contributed by atoms with Crippen molar-refractivity contribution in [3.63, 3.8) is 0 Å². The van der Waals surface area contributed by atoms with Crippen LogP contribution in [0.2, 0.25) is 5.02 Å². The molecule has 1 unspecified atom stereocenters. The molecule has 3 nitrogen and oxygen atoms in total. The topological polar surface area (TPSA) is 38.3 Å². The first-order valence-electron chi connectivity index (χ1n) is 5.66. The molecule has 92 valence electrons. The summed E-state index contributed by atoms with van der Waals surface area (Å²) in [6, 6.07) is 5.15. The Balaban J connectivity index is 2.39. The Morgan fingerprint density at radius 3 is 2.88 bits per heavy atom. The van der Waals surface area contributed by atoms with Gasteiger partial charge in [0.1, 0.15) is 5.75 Å². The number of carbonyl (C=O) groups is 1. The van der Waals surface area contributed by atoms with E-state index in [4.69, 9.17) is 16.3 Å². The maximum Gasteiger partial charge on any atom is 0.173 e. The number of rotatable bonds is 3. The fraction of sp³-hybridized carbons (Fsp3) is 0.462. The lowest BCUT2D eigenvalue weighted by atomic mass is 9.81. The molecule has 1 aromatic carbocycles. The highest BCUT2D eigenvalue weighted by molar-refractivity contribution is 6.31. The van der Waals surface area contributed by atoms with Crippen molar-refractivity contribution in [1.82, 2.24) is 5.32 Å². The number of carbonyl (C=O) groups excluding carboxylic acids is 1. The van der Waals surface area contributed by atoms with Crippen molar-refractivity contribution in [3.05, 3.63) is 28.8 Å². The Hall–Kier alpha value is -1.06. The molecule has 1 heterocycles. The van der Waals surface area contributed by atoms with Crippen molar-refractivity contribution in [2.24, 2.45) is 5.41 Å². The lowest BCUT2D eigenvalue weighted by molar-refractivity contribution is 0.0836. The molecule has 4 heteroatoms. The summed E-state index contributed by atoms with van der Waals surface area (Å²) in [4.78, 5) is 12.5. The summed E-state index contributed by atoms with van der Waals surface area (Å²) >= 11 is 5.95. The van der Waals surface area contributed by atoms with Gasteiger partial charge in [-0.25, -0.2) is 0 Å². The van der Waals surface area contributed by atoms with Gasteiger partial charge in [-0.1, -0.05) is 18.5 Å². The largest absolute Gasteiger partial charge is 0.496 e. The van der Waals surface area contributed by atoms with E-state index in [2.05, 4.69) is 5.32 Å². The summed E-state index contributed by atoms with van der Waals surface area (Å²) in [6.45, 7) is 3.57. The Bertz CT molecular complexity index is 439. The highest BCUT2D eigenvalue weighted by atomic mass is 35.5. The van der Waals surface area contributed by atoms with Crippen LogP contribution in [0.15, 0.2) is 18.2 Å². The number of ether oxygens (including phenoxy) is 1. The first-order valence-corrected chi connectivity index (χ1v) is 6.04. The van der Waals surface area contributed by atoms with E-state index in [1.807, 2.05) is 6.92 Å². The van der Waals surface area contributed by atoms with E-state index in [0.717, 1.165) is 13.0 Å². The van der Waals surface area contributed by atoms with E-state index < -0.39 is 0 Å². The van der Waals surface area contributed by atoms with E-state index >= 15 is 0 Å². The zero-order valence-corrected chi connectivity index (χ0v) is 10.8. The van der Waals surface area contributed by atoms with Crippen LogP contribution in [0.5, 0.6) is 5.75 Å². The van der Waals surface area contributed by atoms with Crippen LogP contribution in [0.3, 0.4) is 0 Å². The van der Waals surface area contributed by atoms with Crippen LogP contribution in [0, 0.1) is 5.41 Å². The average Bonchev–Trinajstić information content (AvgIpc) is 2.76. The predicted molar refractivity (Wildman–Crippen MR) is 67.9 cm³/mol. The monoisotopic (exact) mass is 253 g/mol. The molecule has 0 radical (unpaired) electrons. The van der Waals surface area contributed by atoms with Crippen molar-refractivity contribution in [1.29, 1.82) is 0 Å². The van der Waals surface area contributed by atoms with Crippen molar-refractivity contribution in [2.75, 3.05) is 20.2 Å². The van der Waals surface area contributed by atoms with Crippen molar-refractivity contribution >= 4 is 17.4 Å². The molecule has 0 spiro atoms. The van der Waals surface area contributed by atoms with Crippen LogP contribution in [0.25, 0.3) is 0 Å². The molecule has 0 aromatic heterocycles. The third-order valence-electron chi connectivity index (χ3n) is 3.32. The predicted octanol–water partition coefficient (Wildman–Crippen LogP) is 2.53. The van der Waals surface area contributed by atoms with Crippen LogP contribution < -0.4 is 10.1 Å². The first kappa shape index (κ1) is 12.4. The normalized spacial score (nSPS) is 23.7. The maximum atomic E-state index is 12.5. The third kappa shape index (κ3) is 2.31. The molecule has 0 aliphatic carbocycles. The van der Waals surface area contributed by atoms with Crippen LogP contribution in [-0.4, -0.2) is 26.0 Å². The second-order valence-electron chi connectivity index (χ2n) is 4.66. The van der Waals surface area contributed by atoms with Gasteiger partial charge >= 0.3 is 0 Å². The average molecular weight is 254 g/mol. The third-order valence-corrected chi connectivity index (χ3v) is 3.56. The van der Waals surface area contributed by atoms with E-state index in [0.29, 0.717) is 22.9 Å². The Morgan fingerprint density at radius 1 is 1.53 bits per heavy atom. The molecule has 0 bridgehead atoms. The number of Topliss-reactive ketones (excluding diaryl/α,β-unsaturated/α-hetero) is 1. The lowest BCUT2D eigenvalue weighted by Crippen LogP contribution is -2.30. The Morgan fingerprint density at radius 2 is 2.29 bits per heavy atom. The van der Waals surface area contributed by atoms with Gasteiger partial charge in [0.15, 0.2) is 5.78 Å². The minimum atomic E-state index is -0.349. The van der Waals surface area contributed by atoms with Gasteiger partial charge < -0.3 is 10.1 Å². The van der Waals surface area contributed by atoms with Gasteiger partial charge in [-0.3, -0.25) is 4.79 Å². The number of hydrogen-bond donors (Lipinski definition) is 1. The smallest absolute Gasteiger partial charge is 0.173 e. The second kappa shape index (κ2) is 4.67.